The van der Waals surface area contributed by atoms with Crippen LogP contribution in [0.25, 0.3) is 0 Å². The van der Waals surface area contributed by atoms with E-state index in [2.05, 4.69) is 10.3 Å². The lowest BCUT2D eigenvalue weighted by Crippen LogP contribution is -2.34. The molecule has 1 saturated heterocycles. The first-order chi connectivity index (χ1) is 10.9. The monoisotopic (exact) mass is 318 g/mol. The number of β-amino-alcohol motifs (C(OH)–C–C–N with tert-alkyl or cyclic N) is 1. The molecule has 2 aromatic heterocycles. The van der Waals surface area contributed by atoms with Gasteiger partial charge in [-0.1, -0.05) is 12.1 Å². The second kappa shape index (κ2) is 5.81. The third-order valence-corrected chi connectivity index (χ3v) is 4.35. The van der Waals surface area contributed by atoms with Crippen LogP contribution in [-0.2, 0) is 12.0 Å². The zero-order chi connectivity index (χ0) is 16.6. The first-order valence-electron chi connectivity index (χ1n) is 7.95. The second-order valence-electron chi connectivity index (χ2n) is 6.30. The Labute approximate surface area is 134 Å². The normalized spacial score (nSPS) is 21.3. The molecule has 1 N–H and O–H groups in total. The van der Waals surface area contributed by atoms with Gasteiger partial charge in [-0.25, -0.2) is 4.68 Å². The molecule has 0 unspecified atom stereocenters. The van der Waals surface area contributed by atoms with Crippen LogP contribution in [-0.4, -0.2) is 44.0 Å². The number of hydrogen-bond acceptors (Lipinski definition) is 5. The van der Waals surface area contributed by atoms with Crippen molar-refractivity contribution in [3.63, 3.8) is 0 Å². The Kier molecular flexibility index (Phi) is 3.97. The first-order valence-corrected chi connectivity index (χ1v) is 7.95. The van der Waals surface area contributed by atoms with Gasteiger partial charge in [-0.05, 0) is 19.9 Å². The Morgan fingerprint density at radius 3 is 2.96 bits per heavy atom. The van der Waals surface area contributed by atoms with E-state index in [9.17, 15) is 9.90 Å². The van der Waals surface area contributed by atoms with Gasteiger partial charge in [-0.15, -0.1) is 5.10 Å². The molecule has 7 nitrogen and oxygen atoms in total. The van der Waals surface area contributed by atoms with Gasteiger partial charge in [0.15, 0.2) is 0 Å². The highest BCUT2D eigenvalue weighted by atomic mass is 16.3. The zero-order valence-electron chi connectivity index (χ0n) is 13.7. The van der Waals surface area contributed by atoms with E-state index >= 15 is 0 Å². The molecule has 124 valence electrons. The van der Waals surface area contributed by atoms with Crippen molar-refractivity contribution in [3.05, 3.63) is 35.5 Å². The molecule has 0 bridgehead atoms. The fraction of sp³-hybridized carbons (Fsp3) is 0.562. The maximum atomic E-state index is 12.6. The fourth-order valence-electron chi connectivity index (χ4n) is 2.89. The molecule has 0 aromatic carbocycles. The summed E-state index contributed by atoms with van der Waals surface area (Å²) in [5.74, 6) is 0.568. The number of hydrogen-bond donors (Lipinski definition) is 1. The van der Waals surface area contributed by atoms with E-state index in [1.165, 1.54) is 6.26 Å². The van der Waals surface area contributed by atoms with E-state index in [1.54, 1.807) is 21.8 Å². The van der Waals surface area contributed by atoms with Crippen molar-refractivity contribution >= 4 is 5.91 Å². The number of amides is 1. The van der Waals surface area contributed by atoms with E-state index in [4.69, 9.17) is 4.42 Å². The second-order valence-corrected chi connectivity index (χ2v) is 6.30. The van der Waals surface area contributed by atoms with Crippen LogP contribution in [0.5, 0.6) is 0 Å². The average Bonchev–Trinajstić information content (AvgIpc) is 3.25. The third-order valence-electron chi connectivity index (χ3n) is 4.35. The van der Waals surface area contributed by atoms with E-state index in [1.807, 2.05) is 20.8 Å². The van der Waals surface area contributed by atoms with Gasteiger partial charge >= 0.3 is 0 Å². The van der Waals surface area contributed by atoms with Crippen molar-refractivity contribution < 1.29 is 14.3 Å². The number of aromatic nitrogens is 3. The van der Waals surface area contributed by atoms with Crippen LogP contribution >= 0.6 is 0 Å². The van der Waals surface area contributed by atoms with Crippen LogP contribution in [0.2, 0.25) is 0 Å². The lowest BCUT2D eigenvalue weighted by molar-refractivity contribution is 0.0381. The molecule has 0 saturated carbocycles. The third kappa shape index (κ3) is 2.76. The standard InChI is InChI=1S/C16H22N4O3/c1-4-13-12(5-8-23-13)15(21)19-7-6-16(22,10-19)14-9-20(11(2)3)18-17-14/h5,8-9,11,22H,4,6-7,10H2,1-3H3/t16-/m1/s1. The van der Waals surface area contributed by atoms with Gasteiger partial charge in [-0.2, -0.15) is 0 Å². The van der Waals surface area contributed by atoms with Crippen LogP contribution in [0.4, 0.5) is 0 Å². The highest BCUT2D eigenvalue weighted by molar-refractivity contribution is 5.95. The number of likely N-dealkylation sites (tertiary alicyclic amines) is 1. The van der Waals surface area contributed by atoms with E-state index in [-0.39, 0.29) is 18.5 Å². The highest BCUT2D eigenvalue weighted by Gasteiger charge is 2.42. The Morgan fingerprint density at radius 2 is 2.30 bits per heavy atom. The predicted molar refractivity (Wildman–Crippen MR) is 82.9 cm³/mol. The van der Waals surface area contributed by atoms with Gasteiger partial charge in [0, 0.05) is 25.4 Å². The number of rotatable bonds is 4. The summed E-state index contributed by atoms with van der Waals surface area (Å²) in [5, 5.41) is 19.0. The smallest absolute Gasteiger partial charge is 0.257 e. The minimum absolute atomic E-state index is 0.109. The largest absolute Gasteiger partial charge is 0.469 e. The van der Waals surface area contributed by atoms with E-state index in [0.29, 0.717) is 36.4 Å². The van der Waals surface area contributed by atoms with Crippen LogP contribution in [0.1, 0.15) is 55.0 Å². The van der Waals surface area contributed by atoms with Crippen LogP contribution in [0, 0.1) is 0 Å². The van der Waals surface area contributed by atoms with Gasteiger partial charge in [0.05, 0.1) is 24.6 Å². The molecule has 3 heterocycles. The minimum Gasteiger partial charge on any atom is -0.469 e. The van der Waals surface area contributed by atoms with Crippen molar-refractivity contribution in [2.75, 3.05) is 13.1 Å². The molecular formula is C16H22N4O3. The van der Waals surface area contributed by atoms with Gasteiger partial charge in [0.1, 0.15) is 17.1 Å². The molecule has 1 fully saturated rings. The Hall–Kier alpha value is -2.15. The van der Waals surface area contributed by atoms with Crippen molar-refractivity contribution in [1.82, 2.24) is 19.9 Å². The number of carbonyl (C=O) groups excluding carboxylic acids is 1. The van der Waals surface area contributed by atoms with Gasteiger partial charge in [0.2, 0.25) is 0 Å². The fourth-order valence-corrected chi connectivity index (χ4v) is 2.89. The summed E-state index contributed by atoms with van der Waals surface area (Å²) in [4.78, 5) is 14.3. The van der Waals surface area contributed by atoms with E-state index in [0.717, 1.165) is 0 Å². The molecule has 23 heavy (non-hydrogen) atoms. The number of aliphatic hydroxyl groups is 1. The Bertz CT molecular complexity index is 706. The highest BCUT2D eigenvalue weighted by Crippen LogP contribution is 2.32. The Morgan fingerprint density at radius 1 is 1.52 bits per heavy atom. The predicted octanol–water partition coefficient (Wildman–Crippen LogP) is 1.75. The van der Waals surface area contributed by atoms with Crippen molar-refractivity contribution in [2.45, 2.75) is 45.3 Å². The van der Waals surface area contributed by atoms with E-state index < -0.39 is 5.60 Å². The number of nitrogens with zero attached hydrogens (tertiary/aromatic N) is 4. The van der Waals surface area contributed by atoms with Gasteiger partial charge in [-0.3, -0.25) is 4.79 Å². The first kappa shape index (κ1) is 15.7. The average molecular weight is 318 g/mol. The molecule has 1 atom stereocenters. The molecule has 1 aliphatic rings. The summed E-state index contributed by atoms with van der Waals surface area (Å²) < 4.78 is 7.04. The molecule has 2 aromatic rings. The van der Waals surface area contributed by atoms with Gasteiger partial charge < -0.3 is 14.4 Å². The lowest BCUT2D eigenvalue weighted by Gasteiger charge is -2.21. The molecule has 3 rings (SSSR count). The lowest BCUT2D eigenvalue weighted by atomic mass is 10.00. The molecule has 1 amide bonds. The van der Waals surface area contributed by atoms with Crippen LogP contribution in [0.15, 0.2) is 22.9 Å². The molecule has 0 aliphatic carbocycles. The summed E-state index contributed by atoms with van der Waals surface area (Å²) >= 11 is 0. The molecule has 0 spiro atoms. The molecule has 1 aliphatic heterocycles. The summed E-state index contributed by atoms with van der Waals surface area (Å²) in [6.07, 6.45) is 4.40. The quantitative estimate of drug-likeness (QED) is 0.928. The zero-order valence-corrected chi connectivity index (χ0v) is 13.7. The molecule has 7 heteroatoms. The maximum absolute atomic E-state index is 12.6. The van der Waals surface area contributed by atoms with Crippen LogP contribution in [0.3, 0.4) is 0 Å². The van der Waals surface area contributed by atoms with Crippen molar-refractivity contribution in [2.24, 2.45) is 0 Å². The maximum Gasteiger partial charge on any atom is 0.257 e. The Balaban J connectivity index is 1.78. The van der Waals surface area contributed by atoms with Gasteiger partial charge in [0.25, 0.3) is 5.91 Å². The van der Waals surface area contributed by atoms with Crippen molar-refractivity contribution in [3.8, 4) is 0 Å². The SMILES string of the molecule is CCc1occc1C(=O)N1CC[C@](O)(c2cn(C(C)C)nn2)C1. The molecule has 0 radical (unpaired) electrons. The summed E-state index contributed by atoms with van der Waals surface area (Å²) in [7, 11) is 0. The number of furan rings is 1. The number of aryl methyl sites for hydroxylation is 1. The summed E-state index contributed by atoms with van der Waals surface area (Å²) in [6.45, 7) is 6.64. The molecular weight excluding hydrogens is 296 g/mol. The van der Waals surface area contributed by atoms with Crippen LogP contribution < -0.4 is 0 Å². The number of carbonyl (C=O) groups is 1. The minimum atomic E-state index is -1.14. The summed E-state index contributed by atoms with van der Waals surface area (Å²) in [5.41, 5.74) is -0.0502. The van der Waals surface area contributed by atoms with Crippen molar-refractivity contribution in [1.29, 1.82) is 0 Å². The topological polar surface area (TPSA) is 84.4 Å². The summed E-state index contributed by atoms with van der Waals surface area (Å²) in [6, 6.07) is 1.87.